The minimum absolute atomic E-state index is 0.0477. The molecule has 1 heterocycles. The Kier molecular flexibility index (Phi) is 6.14. The maximum Gasteiger partial charge on any atom is 0.330 e. The number of nitrogens with zero attached hydrogens (tertiary/aromatic N) is 1. The first-order chi connectivity index (χ1) is 16.2. The summed E-state index contributed by atoms with van der Waals surface area (Å²) in [7, 11) is -2.02. The van der Waals surface area contributed by atoms with Crippen molar-refractivity contribution < 1.29 is 27.9 Å². The normalized spacial score (nSPS) is 14.3. The molecule has 1 amide bonds. The lowest BCUT2D eigenvalue weighted by Gasteiger charge is -2.25. The summed E-state index contributed by atoms with van der Waals surface area (Å²) in [6.07, 6.45) is 1.66. The summed E-state index contributed by atoms with van der Waals surface area (Å²) in [6.45, 7) is 1.56. The number of ether oxygens (including phenoxy) is 1. The van der Waals surface area contributed by atoms with Crippen LogP contribution in [0.2, 0.25) is 0 Å². The largest absolute Gasteiger partial charge is 0.481 e. The highest BCUT2D eigenvalue weighted by atomic mass is 32.2. The second-order valence-electron chi connectivity index (χ2n) is 8.18. The standard InChI is InChI=1S/C25H24N2O6S/c1-3-34(31,32)20-10-6-9-16(11-20)21-12-19(15-26-23(21)33-2)22(28)27-25(24(29)30)13-17-7-4-5-8-18(17)14-25/h4-12,15H,3,13-14H2,1-2H3,(H,27,28)(H,29,30). The zero-order chi connectivity index (χ0) is 24.5. The third-order valence-electron chi connectivity index (χ3n) is 6.06. The second-order valence-corrected chi connectivity index (χ2v) is 10.5. The number of rotatable bonds is 7. The van der Waals surface area contributed by atoms with E-state index in [-0.39, 0.29) is 34.9 Å². The summed E-state index contributed by atoms with van der Waals surface area (Å²) in [5, 5.41) is 12.7. The van der Waals surface area contributed by atoms with Crippen LogP contribution in [0.15, 0.2) is 65.7 Å². The van der Waals surface area contributed by atoms with Crippen LogP contribution in [0.5, 0.6) is 5.88 Å². The molecule has 0 unspecified atom stereocenters. The Morgan fingerprint density at radius 1 is 1.09 bits per heavy atom. The summed E-state index contributed by atoms with van der Waals surface area (Å²) in [5.41, 5.74) is 1.37. The van der Waals surface area contributed by atoms with Gasteiger partial charge in [-0.15, -0.1) is 0 Å². The van der Waals surface area contributed by atoms with Crippen molar-refractivity contribution in [3.05, 3.63) is 77.5 Å². The van der Waals surface area contributed by atoms with Gasteiger partial charge in [0.25, 0.3) is 5.91 Å². The van der Waals surface area contributed by atoms with E-state index in [1.54, 1.807) is 19.1 Å². The predicted molar refractivity (Wildman–Crippen MR) is 126 cm³/mol. The van der Waals surface area contributed by atoms with E-state index in [4.69, 9.17) is 4.74 Å². The zero-order valence-corrected chi connectivity index (χ0v) is 19.6. The molecule has 3 aromatic rings. The number of nitrogens with one attached hydrogen (secondary N) is 1. The number of carboxylic acids is 1. The van der Waals surface area contributed by atoms with Crippen molar-refractivity contribution in [2.75, 3.05) is 12.9 Å². The first-order valence-corrected chi connectivity index (χ1v) is 12.3. The molecular formula is C25H24N2O6S. The van der Waals surface area contributed by atoms with E-state index >= 15 is 0 Å². The van der Waals surface area contributed by atoms with Gasteiger partial charge in [0.05, 0.1) is 23.3 Å². The van der Waals surface area contributed by atoms with E-state index < -0.39 is 27.3 Å². The van der Waals surface area contributed by atoms with Crippen molar-refractivity contribution in [3.63, 3.8) is 0 Å². The Bertz CT molecular complexity index is 1360. The van der Waals surface area contributed by atoms with E-state index in [1.807, 2.05) is 24.3 Å². The van der Waals surface area contributed by atoms with Gasteiger partial charge in [-0.25, -0.2) is 18.2 Å². The molecule has 1 aromatic heterocycles. The quantitative estimate of drug-likeness (QED) is 0.533. The van der Waals surface area contributed by atoms with Crippen LogP contribution in [-0.2, 0) is 27.5 Å². The molecule has 2 N–H and O–H groups in total. The molecule has 0 fully saturated rings. The average Bonchev–Trinajstić information content (AvgIpc) is 3.23. The molecule has 0 saturated carbocycles. The van der Waals surface area contributed by atoms with Crippen molar-refractivity contribution in [2.45, 2.75) is 30.2 Å². The number of methoxy groups -OCH3 is 1. The number of sulfone groups is 1. The monoisotopic (exact) mass is 480 g/mol. The van der Waals surface area contributed by atoms with Gasteiger partial charge >= 0.3 is 5.97 Å². The van der Waals surface area contributed by atoms with Gasteiger partial charge in [-0.1, -0.05) is 43.3 Å². The van der Waals surface area contributed by atoms with Crippen LogP contribution in [0.4, 0.5) is 0 Å². The Labute approximate surface area is 197 Å². The molecule has 2 aromatic carbocycles. The molecule has 8 nitrogen and oxygen atoms in total. The lowest BCUT2D eigenvalue weighted by molar-refractivity contribution is -0.144. The fraction of sp³-hybridized carbons (Fsp3) is 0.240. The van der Waals surface area contributed by atoms with Crippen LogP contribution < -0.4 is 10.1 Å². The number of amides is 1. The Balaban J connectivity index is 1.69. The third-order valence-corrected chi connectivity index (χ3v) is 7.79. The molecule has 0 radical (unpaired) electrons. The maximum absolute atomic E-state index is 13.2. The number of aromatic nitrogens is 1. The Hall–Kier alpha value is -3.72. The van der Waals surface area contributed by atoms with Crippen molar-refractivity contribution in [1.82, 2.24) is 10.3 Å². The minimum atomic E-state index is -3.44. The number of carbonyl (C=O) groups excluding carboxylic acids is 1. The number of benzene rings is 2. The molecule has 0 atom stereocenters. The fourth-order valence-electron chi connectivity index (χ4n) is 4.17. The number of hydrogen-bond donors (Lipinski definition) is 2. The summed E-state index contributed by atoms with van der Waals surface area (Å²) < 4.78 is 30.0. The molecule has 4 rings (SSSR count). The van der Waals surface area contributed by atoms with Gasteiger partial charge in [-0.05, 0) is 34.9 Å². The number of aliphatic carboxylic acids is 1. The van der Waals surface area contributed by atoms with Crippen LogP contribution in [0.3, 0.4) is 0 Å². The smallest absolute Gasteiger partial charge is 0.330 e. The van der Waals surface area contributed by atoms with Crippen molar-refractivity contribution >= 4 is 21.7 Å². The van der Waals surface area contributed by atoms with Crippen LogP contribution in [0, 0.1) is 0 Å². The van der Waals surface area contributed by atoms with E-state index in [9.17, 15) is 23.1 Å². The molecular weight excluding hydrogens is 456 g/mol. The minimum Gasteiger partial charge on any atom is -0.481 e. The van der Waals surface area contributed by atoms with Gasteiger partial charge in [0.1, 0.15) is 5.54 Å². The van der Waals surface area contributed by atoms with Crippen molar-refractivity contribution in [2.24, 2.45) is 0 Å². The zero-order valence-electron chi connectivity index (χ0n) is 18.7. The molecule has 34 heavy (non-hydrogen) atoms. The average molecular weight is 481 g/mol. The molecule has 176 valence electrons. The SMILES string of the molecule is CCS(=O)(=O)c1cccc(-c2cc(C(=O)NC3(C(=O)O)Cc4ccccc4C3)cnc2OC)c1. The first-order valence-electron chi connectivity index (χ1n) is 10.7. The summed E-state index contributed by atoms with van der Waals surface area (Å²) >= 11 is 0. The number of hydrogen-bond acceptors (Lipinski definition) is 6. The third kappa shape index (κ3) is 4.26. The number of pyridine rings is 1. The molecule has 0 spiro atoms. The van der Waals surface area contributed by atoms with Crippen LogP contribution >= 0.6 is 0 Å². The molecule has 0 bridgehead atoms. The predicted octanol–water partition coefficient (Wildman–Crippen LogP) is 2.90. The number of carboxylic acid groups (broad SMARTS) is 1. The summed E-state index contributed by atoms with van der Waals surface area (Å²) in [4.78, 5) is 29.7. The van der Waals surface area contributed by atoms with Gasteiger partial charge in [0.15, 0.2) is 9.84 Å². The summed E-state index contributed by atoms with van der Waals surface area (Å²) in [6, 6.07) is 15.2. The fourth-order valence-corrected chi connectivity index (χ4v) is 5.09. The van der Waals surface area contributed by atoms with Gasteiger partial charge < -0.3 is 15.2 Å². The lowest BCUT2D eigenvalue weighted by Crippen LogP contribution is -2.55. The summed E-state index contributed by atoms with van der Waals surface area (Å²) in [5.74, 6) is -1.54. The van der Waals surface area contributed by atoms with Gasteiger partial charge in [-0.2, -0.15) is 0 Å². The lowest BCUT2D eigenvalue weighted by atomic mass is 9.95. The topological polar surface area (TPSA) is 123 Å². The van der Waals surface area contributed by atoms with Crippen LogP contribution in [-0.4, -0.2) is 48.8 Å². The Morgan fingerprint density at radius 2 is 1.76 bits per heavy atom. The van der Waals surface area contributed by atoms with Crippen molar-refractivity contribution in [1.29, 1.82) is 0 Å². The van der Waals surface area contributed by atoms with Crippen LogP contribution in [0.25, 0.3) is 11.1 Å². The Morgan fingerprint density at radius 3 is 2.35 bits per heavy atom. The van der Waals surface area contributed by atoms with Crippen molar-refractivity contribution in [3.8, 4) is 17.0 Å². The molecule has 0 aliphatic heterocycles. The van der Waals surface area contributed by atoms with Gasteiger partial charge in [-0.3, -0.25) is 4.79 Å². The highest BCUT2D eigenvalue weighted by Crippen LogP contribution is 2.33. The number of fused-ring (bicyclic) bond motifs is 1. The van der Waals surface area contributed by atoms with E-state index in [2.05, 4.69) is 10.3 Å². The number of carbonyl (C=O) groups is 2. The first kappa shape index (κ1) is 23.4. The van der Waals surface area contributed by atoms with E-state index in [0.717, 1.165) is 11.1 Å². The van der Waals surface area contributed by atoms with E-state index in [1.165, 1.54) is 31.5 Å². The highest BCUT2D eigenvalue weighted by Gasteiger charge is 2.45. The molecule has 1 aliphatic carbocycles. The second kappa shape index (κ2) is 8.90. The van der Waals surface area contributed by atoms with E-state index in [0.29, 0.717) is 11.1 Å². The van der Waals surface area contributed by atoms with Gasteiger partial charge in [0.2, 0.25) is 5.88 Å². The molecule has 0 saturated heterocycles. The highest BCUT2D eigenvalue weighted by molar-refractivity contribution is 7.91. The molecule has 1 aliphatic rings. The van der Waals surface area contributed by atoms with Crippen LogP contribution in [0.1, 0.15) is 28.4 Å². The maximum atomic E-state index is 13.2. The molecule has 9 heteroatoms. The van der Waals surface area contributed by atoms with Gasteiger partial charge in [0, 0.05) is 24.6 Å².